The van der Waals surface area contributed by atoms with Gasteiger partial charge in [-0.3, -0.25) is 4.98 Å². The van der Waals surface area contributed by atoms with Gasteiger partial charge in [-0.1, -0.05) is 24.3 Å². The van der Waals surface area contributed by atoms with E-state index in [4.69, 9.17) is 4.74 Å². The van der Waals surface area contributed by atoms with Gasteiger partial charge in [0.05, 0.1) is 19.2 Å². The topological polar surface area (TPSA) is 64.9 Å². The zero-order valence-corrected chi connectivity index (χ0v) is 12.8. The zero-order chi connectivity index (χ0) is 15.6. The molecule has 3 heterocycles. The van der Waals surface area contributed by atoms with E-state index in [0.717, 1.165) is 29.2 Å². The van der Waals surface area contributed by atoms with Crippen molar-refractivity contribution in [1.82, 2.24) is 19.7 Å². The lowest BCUT2D eigenvalue weighted by atomic mass is 9.93. The molecule has 6 heteroatoms. The fraction of sp³-hybridized carbons (Fsp3) is 0.235. The zero-order valence-electron chi connectivity index (χ0n) is 12.8. The monoisotopic (exact) mass is 307 g/mol. The number of pyridine rings is 1. The number of aromatic nitrogens is 4. The number of anilines is 1. The summed E-state index contributed by atoms with van der Waals surface area (Å²) in [6, 6.07) is 12.3. The van der Waals surface area contributed by atoms with Crippen molar-refractivity contribution in [1.29, 1.82) is 0 Å². The molecule has 1 N–H and O–H groups in total. The second-order valence-electron chi connectivity index (χ2n) is 5.50. The number of rotatable bonds is 3. The Labute approximate surface area is 134 Å². The van der Waals surface area contributed by atoms with Gasteiger partial charge in [-0.15, -0.1) is 0 Å². The van der Waals surface area contributed by atoms with E-state index in [-0.39, 0.29) is 12.1 Å². The van der Waals surface area contributed by atoms with Gasteiger partial charge in [0.25, 0.3) is 0 Å². The summed E-state index contributed by atoms with van der Waals surface area (Å²) in [6.45, 7) is 0. The van der Waals surface area contributed by atoms with Crippen LogP contribution in [0, 0.1) is 0 Å². The summed E-state index contributed by atoms with van der Waals surface area (Å²) in [6.07, 6.45) is 6.11. The molecule has 0 bridgehead atoms. The maximum Gasteiger partial charge on any atom is 0.222 e. The van der Waals surface area contributed by atoms with Crippen molar-refractivity contribution >= 4 is 5.95 Å². The van der Waals surface area contributed by atoms with Crippen LogP contribution < -0.4 is 10.1 Å². The minimum Gasteiger partial charge on any atom is -0.496 e. The number of para-hydroxylation sites is 1. The van der Waals surface area contributed by atoms with Crippen LogP contribution in [0.15, 0.2) is 55.1 Å². The van der Waals surface area contributed by atoms with Crippen molar-refractivity contribution < 1.29 is 4.74 Å². The molecule has 0 unspecified atom stereocenters. The van der Waals surface area contributed by atoms with Gasteiger partial charge < -0.3 is 10.1 Å². The Morgan fingerprint density at radius 3 is 2.96 bits per heavy atom. The molecule has 1 aliphatic rings. The summed E-state index contributed by atoms with van der Waals surface area (Å²) < 4.78 is 7.46. The molecule has 6 nitrogen and oxygen atoms in total. The van der Waals surface area contributed by atoms with Gasteiger partial charge in [-0.25, -0.2) is 4.68 Å². The second-order valence-corrected chi connectivity index (χ2v) is 5.50. The van der Waals surface area contributed by atoms with Gasteiger partial charge in [0.1, 0.15) is 12.1 Å². The maximum absolute atomic E-state index is 5.54. The lowest BCUT2D eigenvalue weighted by Crippen LogP contribution is -2.28. The molecule has 2 atom stereocenters. The largest absolute Gasteiger partial charge is 0.496 e. The van der Waals surface area contributed by atoms with Crippen molar-refractivity contribution in [3.8, 4) is 5.75 Å². The summed E-state index contributed by atoms with van der Waals surface area (Å²) in [5.41, 5.74) is 2.25. The third kappa shape index (κ3) is 2.42. The molecule has 0 spiro atoms. The number of nitrogens with zero attached hydrogens (tertiary/aromatic N) is 4. The molecule has 0 amide bonds. The van der Waals surface area contributed by atoms with Crippen molar-refractivity contribution in [2.75, 3.05) is 12.4 Å². The Kier molecular flexibility index (Phi) is 3.42. The molecule has 23 heavy (non-hydrogen) atoms. The van der Waals surface area contributed by atoms with E-state index in [1.165, 1.54) is 0 Å². The van der Waals surface area contributed by atoms with Crippen LogP contribution in [0.1, 0.15) is 29.6 Å². The summed E-state index contributed by atoms with van der Waals surface area (Å²) in [5, 5.41) is 7.83. The Morgan fingerprint density at radius 2 is 2.13 bits per heavy atom. The van der Waals surface area contributed by atoms with E-state index >= 15 is 0 Å². The van der Waals surface area contributed by atoms with Crippen LogP contribution in [0.2, 0.25) is 0 Å². The Balaban J connectivity index is 1.77. The number of methoxy groups -OCH3 is 1. The fourth-order valence-electron chi connectivity index (χ4n) is 3.12. The number of benzene rings is 1. The quantitative estimate of drug-likeness (QED) is 0.806. The summed E-state index contributed by atoms with van der Waals surface area (Å²) in [4.78, 5) is 8.57. The lowest BCUT2D eigenvalue weighted by Gasteiger charge is -2.32. The van der Waals surface area contributed by atoms with E-state index in [1.54, 1.807) is 19.6 Å². The molecule has 0 aliphatic carbocycles. The van der Waals surface area contributed by atoms with Gasteiger partial charge in [0.2, 0.25) is 5.95 Å². The number of fused-ring (bicyclic) bond motifs is 1. The third-order valence-electron chi connectivity index (χ3n) is 4.22. The van der Waals surface area contributed by atoms with Crippen LogP contribution in [-0.4, -0.2) is 26.9 Å². The number of ether oxygens (including phenoxy) is 1. The Hall–Kier alpha value is -2.89. The summed E-state index contributed by atoms with van der Waals surface area (Å²) in [5.74, 6) is 1.63. The highest BCUT2D eigenvalue weighted by Gasteiger charge is 2.31. The number of hydrogen-bond acceptors (Lipinski definition) is 5. The molecule has 0 radical (unpaired) electrons. The fourth-order valence-corrected chi connectivity index (χ4v) is 3.12. The van der Waals surface area contributed by atoms with E-state index < -0.39 is 0 Å². The highest BCUT2D eigenvalue weighted by atomic mass is 16.5. The van der Waals surface area contributed by atoms with E-state index in [0.29, 0.717) is 0 Å². The van der Waals surface area contributed by atoms with E-state index in [9.17, 15) is 0 Å². The Bertz CT molecular complexity index is 802. The standard InChI is InChI=1S/C17H17N5O/c1-23-16-7-3-2-6-13(16)15-9-14(12-5-4-8-18-10-12)21-17-19-11-20-22(15)17/h2-8,10-11,14-15H,9H2,1H3,(H,19,20,21)/t14-,15+/m0/s1. The number of hydrogen-bond donors (Lipinski definition) is 1. The average molecular weight is 307 g/mol. The lowest BCUT2D eigenvalue weighted by molar-refractivity contribution is 0.380. The van der Waals surface area contributed by atoms with Crippen LogP contribution in [0.5, 0.6) is 5.75 Å². The van der Waals surface area contributed by atoms with Crippen LogP contribution in [0.25, 0.3) is 0 Å². The minimum atomic E-state index is 0.0649. The van der Waals surface area contributed by atoms with Crippen LogP contribution >= 0.6 is 0 Å². The average Bonchev–Trinajstić information content (AvgIpc) is 3.10. The van der Waals surface area contributed by atoms with E-state index in [1.807, 2.05) is 35.1 Å². The summed E-state index contributed by atoms with van der Waals surface area (Å²) in [7, 11) is 1.70. The van der Waals surface area contributed by atoms with Crippen LogP contribution in [-0.2, 0) is 0 Å². The molecule has 4 rings (SSSR count). The first-order valence-electron chi connectivity index (χ1n) is 7.55. The molecule has 0 saturated heterocycles. The first-order valence-corrected chi connectivity index (χ1v) is 7.55. The molecule has 0 saturated carbocycles. The third-order valence-corrected chi connectivity index (χ3v) is 4.22. The maximum atomic E-state index is 5.54. The van der Waals surface area contributed by atoms with Gasteiger partial charge in [0, 0.05) is 18.0 Å². The molecule has 1 aliphatic heterocycles. The van der Waals surface area contributed by atoms with Gasteiger partial charge in [-0.05, 0) is 24.1 Å². The first kappa shape index (κ1) is 13.8. The van der Waals surface area contributed by atoms with Crippen LogP contribution in [0.4, 0.5) is 5.95 Å². The predicted octanol–water partition coefficient (Wildman–Crippen LogP) is 2.83. The van der Waals surface area contributed by atoms with Crippen molar-refractivity contribution in [2.45, 2.75) is 18.5 Å². The molecular weight excluding hydrogens is 290 g/mol. The smallest absolute Gasteiger partial charge is 0.222 e. The molecule has 1 aromatic carbocycles. The highest BCUT2D eigenvalue weighted by molar-refractivity contribution is 5.42. The SMILES string of the molecule is COc1ccccc1[C@H]1C[C@@H](c2cccnc2)Nc2ncnn21. The van der Waals surface area contributed by atoms with Gasteiger partial charge >= 0.3 is 0 Å². The van der Waals surface area contributed by atoms with E-state index in [2.05, 4.69) is 32.5 Å². The molecule has 0 fully saturated rings. The van der Waals surface area contributed by atoms with Crippen molar-refractivity contribution in [2.24, 2.45) is 0 Å². The second kappa shape index (κ2) is 5.72. The van der Waals surface area contributed by atoms with Gasteiger partial charge in [0.15, 0.2) is 0 Å². The first-order chi connectivity index (χ1) is 11.4. The van der Waals surface area contributed by atoms with Crippen molar-refractivity contribution in [3.63, 3.8) is 0 Å². The van der Waals surface area contributed by atoms with Gasteiger partial charge in [-0.2, -0.15) is 10.1 Å². The van der Waals surface area contributed by atoms with Crippen molar-refractivity contribution in [3.05, 3.63) is 66.2 Å². The molecular formula is C17H17N5O. The number of nitrogens with one attached hydrogen (secondary N) is 1. The predicted molar refractivity (Wildman–Crippen MR) is 86.4 cm³/mol. The minimum absolute atomic E-state index is 0.0649. The molecule has 116 valence electrons. The molecule has 3 aromatic rings. The highest BCUT2D eigenvalue weighted by Crippen LogP contribution is 2.39. The summed E-state index contributed by atoms with van der Waals surface area (Å²) >= 11 is 0. The normalized spacial score (nSPS) is 19.7. The Morgan fingerprint density at radius 1 is 1.22 bits per heavy atom. The van der Waals surface area contributed by atoms with Crippen LogP contribution in [0.3, 0.4) is 0 Å². The molecule has 2 aromatic heterocycles.